The van der Waals surface area contributed by atoms with Crippen molar-refractivity contribution in [3.05, 3.63) is 64.7 Å². The summed E-state index contributed by atoms with van der Waals surface area (Å²) in [5.41, 5.74) is 4.74. The summed E-state index contributed by atoms with van der Waals surface area (Å²) >= 11 is 0. The topological polar surface area (TPSA) is 48.0 Å². The Labute approximate surface area is 223 Å². The Morgan fingerprint density at radius 2 is 1.65 bits per heavy atom. The third-order valence-electron chi connectivity index (χ3n) is 7.27. The van der Waals surface area contributed by atoms with E-state index in [1.165, 1.54) is 11.1 Å². The number of hydrogen-bond acceptors (Lipinski definition) is 5. The fourth-order valence-corrected chi connectivity index (χ4v) is 5.29. The zero-order chi connectivity index (χ0) is 26.6. The lowest BCUT2D eigenvalue weighted by Crippen LogP contribution is -2.33. The molecule has 1 fully saturated rings. The minimum Gasteiger partial charge on any atom is -0.493 e. The third kappa shape index (κ3) is 7.85. The number of methoxy groups -OCH3 is 2. The van der Waals surface area contributed by atoms with Crippen molar-refractivity contribution in [3.8, 4) is 11.5 Å². The first-order valence-corrected chi connectivity index (χ1v) is 14.1. The Morgan fingerprint density at radius 3 is 2.30 bits per heavy atom. The van der Waals surface area contributed by atoms with Crippen LogP contribution in [0.5, 0.6) is 11.5 Å². The van der Waals surface area contributed by atoms with Crippen LogP contribution in [0.4, 0.5) is 0 Å². The highest BCUT2D eigenvalue weighted by atomic mass is 16.5. The van der Waals surface area contributed by atoms with Gasteiger partial charge in [-0.1, -0.05) is 63.9 Å². The summed E-state index contributed by atoms with van der Waals surface area (Å²) in [6, 6.07) is 14.7. The Kier molecular flexibility index (Phi) is 11.5. The number of likely N-dealkylation sites (tertiary alicyclic amines) is 1. The largest absolute Gasteiger partial charge is 0.493 e. The number of fused-ring (bicyclic) bond motifs is 1. The Balaban J connectivity index is 0.00000186. The summed E-state index contributed by atoms with van der Waals surface area (Å²) in [4.78, 5) is 15.2. The van der Waals surface area contributed by atoms with Gasteiger partial charge in [-0.2, -0.15) is 0 Å². The number of unbranched alkanes of at least 4 members (excludes halogenated alkanes) is 2. The predicted molar refractivity (Wildman–Crippen MR) is 151 cm³/mol. The molecule has 0 bridgehead atoms. The number of hydrogen-bond donors (Lipinski definition) is 0. The number of piperidine rings is 1. The van der Waals surface area contributed by atoms with Crippen LogP contribution in [0.25, 0.3) is 5.76 Å². The molecule has 5 heteroatoms. The second kappa shape index (κ2) is 14.8. The molecular formula is C32H45NO4. The SMILES string of the molecule is CC.CCCCCC(=O)OC1=C(CC2CCN(Cc3ccccc3)CC2)Cc2cc(OC)c(OC)cc21. The minimum atomic E-state index is -0.133. The molecule has 0 unspecified atom stereocenters. The Bertz CT molecular complexity index is 1020. The average Bonchev–Trinajstić information content (AvgIpc) is 3.26. The molecule has 2 aromatic carbocycles. The van der Waals surface area contributed by atoms with Crippen molar-refractivity contribution < 1.29 is 19.0 Å². The van der Waals surface area contributed by atoms with Gasteiger partial charge >= 0.3 is 5.97 Å². The minimum absolute atomic E-state index is 0.133. The molecule has 0 aromatic heterocycles. The molecule has 1 aliphatic carbocycles. The Morgan fingerprint density at radius 1 is 0.973 bits per heavy atom. The van der Waals surface area contributed by atoms with Gasteiger partial charge in [0.15, 0.2) is 11.5 Å². The molecule has 37 heavy (non-hydrogen) atoms. The van der Waals surface area contributed by atoms with Gasteiger partial charge in [0.1, 0.15) is 5.76 Å². The van der Waals surface area contributed by atoms with E-state index in [9.17, 15) is 4.79 Å². The van der Waals surface area contributed by atoms with Crippen LogP contribution < -0.4 is 9.47 Å². The highest BCUT2D eigenvalue weighted by Crippen LogP contribution is 2.43. The first kappa shape index (κ1) is 28.8. The third-order valence-corrected chi connectivity index (χ3v) is 7.27. The number of rotatable bonds is 11. The van der Waals surface area contributed by atoms with Crippen LogP contribution in [0.3, 0.4) is 0 Å². The van der Waals surface area contributed by atoms with Gasteiger partial charge in [0.25, 0.3) is 0 Å². The van der Waals surface area contributed by atoms with E-state index in [1.807, 2.05) is 26.0 Å². The summed E-state index contributed by atoms with van der Waals surface area (Å²) in [6.45, 7) is 9.37. The van der Waals surface area contributed by atoms with Crippen molar-refractivity contribution in [2.75, 3.05) is 27.3 Å². The molecule has 1 aliphatic heterocycles. The van der Waals surface area contributed by atoms with E-state index in [4.69, 9.17) is 14.2 Å². The van der Waals surface area contributed by atoms with Crippen molar-refractivity contribution in [2.45, 2.75) is 78.7 Å². The molecule has 0 radical (unpaired) electrons. The summed E-state index contributed by atoms with van der Waals surface area (Å²) < 4.78 is 17.1. The number of carbonyl (C=O) groups is 1. The molecule has 4 rings (SSSR count). The van der Waals surface area contributed by atoms with Gasteiger partial charge in [0.05, 0.1) is 14.2 Å². The molecule has 2 aromatic rings. The van der Waals surface area contributed by atoms with Gasteiger partial charge in [-0.15, -0.1) is 0 Å². The van der Waals surface area contributed by atoms with Crippen LogP contribution >= 0.6 is 0 Å². The molecule has 202 valence electrons. The monoisotopic (exact) mass is 507 g/mol. The van der Waals surface area contributed by atoms with Crippen molar-refractivity contribution >= 4 is 11.7 Å². The summed E-state index contributed by atoms with van der Waals surface area (Å²) in [7, 11) is 3.30. The van der Waals surface area contributed by atoms with Crippen LogP contribution in [-0.4, -0.2) is 38.2 Å². The normalized spacial score (nSPS) is 15.6. The summed E-state index contributed by atoms with van der Waals surface area (Å²) in [6.07, 6.45) is 7.57. The highest BCUT2D eigenvalue weighted by Gasteiger charge is 2.30. The van der Waals surface area contributed by atoms with E-state index in [2.05, 4.69) is 42.2 Å². The van der Waals surface area contributed by atoms with Crippen molar-refractivity contribution in [2.24, 2.45) is 5.92 Å². The van der Waals surface area contributed by atoms with Gasteiger partial charge in [0.2, 0.25) is 0 Å². The summed E-state index contributed by atoms with van der Waals surface area (Å²) in [5, 5.41) is 0. The number of carbonyl (C=O) groups excluding carboxylic acids is 1. The lowest BCUT2D eigenvalue weighted by molar-refractivity contribution is -0.136. The van der Waals surface area contributed by atoms with Gasteiger partial charge in [0, 0.05) is 18.5 Å². The molecule has 1 heterocycles. The quantitative estimate of drug-likeness (QED) is 0.234. The zero-order valence-electron chi connectivity index (χ0n) is 23.5. The first-order valence-electron chi connectivity index (χ1n) is 14.1. The van der Waals surface area contributed by atoms with E-state index in [0.29, 0.717) is 18.1 Å². The standard InChI is InChI=1S/C30H39NO4.C2H6/c1-4-5-7-12-29(32)35-30-25(18-24-19-27(33-2)28(34-3)20-26(24)30)17-22-13-15-31(16-14-22)21-23-10-8-6-9-11-23;1-2/h6,8-11,19-20,22H,4-5,7,12-18,21H2,1-3H3;1-2H3. The predicted octanol–water partition coefficient (Wildman–Crippen LogP) is 7.42. The lowest BCUT2D eigenvalue weighted by Gasteiger charge is -2.32. The molecule has 0 amide bonds. The van der Waals surface area contributed by atoms with Crippen LogP contribution in [0, 0.1) is 5.92 Å². The molecule has 2 aliphatic rings. The maximum Gasteiger partial charge on any atom is 0.311 e. The smallest absolute Gasteiger partial charge is 0.311 e. The lowest BCUT2D eigenvalue weighted by atomic mass is 9.89. The van der Waals surface area contributed by atoms with E-state index in [1.54, 1.807) is 14.2 Å². The molecular weight excluding hydrogens is 462 g/mol. The van der Waals surface area contributed by atoms with Crippen molar-refractivity contribution in [1.82, 2.24) is 4.90 Å². The molecule has 5 nitrogen and oxygen atoms in total. The van der Waals surface area contributed by atoms with E-state index >= 15 is 0 Å². The zero-order valence-corrected chi connectivity index (χ0v) is 23.5. The van der Waals surface area contributed by atoms with E-state index in [-0.39, 0.29) is 5.97 Å². The fourth-order valence-electron chi connectivity index (χ4n) is 5.29. The first-order chi connectivity index (χ1) is 18.1. The van der Waals surface area contributed by atoms with Crippen LogP contribution in [0.1, 0.15) is 82.4 Å². The van der Waals surface area contributed by atoms with Crippen LogP contribution in [-0.2, 0) is 22.5 Å². The number of ether oxygens (including phenoxy) is 3. The van der Waals surface area contributed by atoms with Gasteiger partial charge in [-0.05, 0) is 79.9 Å². The van der Waals surface area contributed by atoms with Crippen molar-refractivity contribution in [1.29, 1.82) is 0 Å². The molecule has 0 saturated carbocycles. The van der Waals surface area contributed by atoms with E-state index in [0.717, 1.165) is 87.2 Å². The second-order valence-corrected chi connectivity index (χ2v) is 9.81. The highest BCUT2D eigenvalue weighted by molar-refractivity contribution is 5.83. The van der Waals surface area contributed by atoms with Gasteiger partial charge in [-0.3, -0.25) is 9.69 Å². The number of benzene rings is 2. The maximum atomic E-state index is 12.7. The average molecular weight is 508 g/mol. The van der Waals surface area contributed by atoms with Gasteiger partial charge in [-0.25, -0.2) is 0 Å². The molecule has 0 N–H and O–H groups in total. The number of allylic oxidation sites excluding steroid dienone is 1. The number of esters is 1. The van der Waals surface area contributed by atoms with E-state index < -0.39 is 0 Å². The molecule has 0 atom stereocenters. The van der Waals surface area contributed by atoms with Crippen LogP contribution in [0.15, 0.2) is 48.0 Å². The second-order valence-electron chi connectivity index (χ2n) is 9.81. The number of nitrogens with zero attached hydrogens (tertiary/aromatic N) is 1. The van der Waals surface area contributed by atoms with Gasteiger partial charge < -0.3 is 14.2 Å². The van der Waals surface area contributed by atoms with Crippen LogP contribution in [0.2, 0.25) is 0 Å². The summed E-state index contributed by atoms with van der Waals surface area (Å²) in [5.74, 6) is 2.61. The molecule has 1 saturated heterocycles. The maximum absolute atomic E-state index is 12.7. The molecule has 0 spiro atoms. The fraction of sp³-hybridized carbons (Fsp3) is 0.531. The Hall–Kier alpha value is -2.79. The van der Waals surface area contributed by atoms with Crippen molar-refractivity contribution in [3.63, 3.8) is 0 Å².